The summed E-state index contributed by atoms with van der Waals surface area (Å²) >= 11 is 5.95. The Morgan fingerprint density at radius 1 is 1.50 bits per heavy atom. The largest absolute Gasteiger partial charge is 0.383 e. The molecular formula is C12H16ClN3O2. The number of ether oxygens (including phenoxy) is 1. The van der Waals surface area contributed by atoms with Crippen LogP contribution < -0.4 is 4.90 Å². The van der Waals surface area contributed by atoms with Crippen molar-refractivity contribution < 1.29 is 9.53 Å². The quantitative estimate of drug-likeness (QED) is 0.430. The molecule has 0 fully saturated rings. The Balaban J connectivity index is 3.16. The van der Waals surface area contributed by atoms with E-state index >= 15 is 0 Å². The van der Waals surface area contributed by atoms with Crippen molar-refractivity contribution in [1.82, 2.24) is 9.97 Å². The van der Waals surface area contributed by atoms with Gasteiger partial charge in [-0.05, 0) is 6.92 Å². The molecule has 0 saturated heterocycles. The molecule has 0 aliphatic heterocycles. The van der Waals surface area contributed by atoms with Crippen LogP contribution in [0.15, 0.2) is 12.7 Å². The van der Waals surface area contributed by atoms with Gasteiger partial charge in [-0.1, -0.05) is 17.7 Å². The Labute approximate surface area is 111 Å². The number of methoxy groups -OCH3 is 1. The van der Waals surface area contributed by atoms with E-state index in [0.717, 1.165) is 0 Å². The van der Waals surface area contributed by atoms with Crippen LogP contribution >= 0.6 is 11.6 Å². The Morgan fingerprint density at radius 3 is 2.78 bits per heavy atom. The fourth-order valence-corrected chi connectivity index (χ4v) is 1.77. The standard InChI is InChI=1S/C12H16ClN3O2/c1-4-5-16(6-7-18-3)12-10(8-17)11(13)14-9(2)15-12/h4,8H,1,5-7H2,2-3H3. The molecule has 0 atom stereocenters. The van der Waals surface area contributed by atoms with Crippen LogP contribution in [0.25, 0.3) is 0 Å². The number of aromatic nitrogens is 2. The molecule has 0 saturated carbocycles. The lowest BCUT2D eigenvalue weighted by Gasteiger charge is -2.23. The molecule has 0 unspecified atom stereocenters. The normalized spacial score (nSPS) is 10.2. The van der Waals surface area contributed by atoms with Crippen LogP contribution in [0.5, 0.6) is 0 Å². The Hall–Kier alpha value is -1.46. The molecule has 0 spiro atoms. The summed E-state index contributed by atoms with van der Waals surface area (Å²) in [6.45, 7) is 7.08. The highest BCUT2D eigenvalue weighted by Crippen LogP contribution is 2.22. The third-order valence-corrected chi connectivity index (χ3v) is 2.61. The number of aldehydes is 1. The average molecular weight is 270 g/mol. The van der Waals surface area contributed by atoms with E-state index < -0.39 is 0 Å². The zero-order valence-electron chi connectivity index (χ0n) is 10.5. The third-order valence-electron chi connectivity index (χ3n) is 2.32. The van der Waals surface area contributed by atoms with E-state index in [-0.39, 0.29) is 5.15 Å². The third kappa shape index (κ3) is 3.51. The van der Waals surface area contributed by atoms with Crippen molar-refractivity contribution in [2.75, 3.05) is 31.7 Å². The van der Waals surface area contributed by atoms with Crippen LogP contribution in [0.3, 0.4) is 0 Å². The highest BCUT2D eigenvalue weighted by molar-refractivity contribution is 6.32. The average Bonchev–Trinajstić information content (AvgIpc) is 2.33. The molecule has 5 nitrogen and oxygen atoms in total. The molecule has 0 aliphatic carbocycles. The summed E-state index contributed by atoms with van der Waals surface area (Å²) in [5.41, 5.74) is 0.292. The Morgan fingerprint density at radius 2 is 2.22 bits per heavy atom. The van der Waals surface area contributed by atoms with Gasteiger partial charge in [0, 0.05) is 20.2 Å². The molecule has 0 amide bonds. The van der Waals surface area contributed by atoms with Gasteiger partial charge in [0.1, 0.15) is 16.8 Å². The first-order chi connectivity index (χ1) is 8.63. The van der Waals surface area contributed by atoms with E-state index in [2.05, 4.69) is 16.5 Å². The van der Waals surface area contributed by atoms with Crippen molar-refractivity contribution in [2.45, 2.75) is 6.92 Å². The van der Waals surface area contributed by atoms with Crippen molar-refractivity contribution >= 4 is 23.7 Å². The molecular weight excluding hydrogens is 254 g/mol. The van der Waals surface area contributed by atoms with Gasteiger partial charge >= 0.3 is 0 Å². The second-order valence-electron chi connectivity index (χ2n) is 3.64. The number of carbonyl (C=O) groups is 1. The fourth-order valence-electron chi connectivity index (χ4n) is 1.52. The maximum Gasteiger partial charge on any atom is 0.156 e. The molecule has 98 valence electrons. The van der Waals surface area contributed by atoms with Crippen LogP contribution in [0.4, 0.5) is 5.82 Å². The Bertz CT molecular complexity index is 438. The van der Waals surface area contributed by atoms with E-state index in [1.807, 2.05) is 4.90 Å². The molecule has 0 bridgehead atoms. The number of anilines is 1. The number of hydrogen-bond donors (Lipinski definition) is 0. The zero-order chi connectivity index (χ0) is 13.5. The smallest absolute Gasteiger partial charge is 0.156 e. The van der Waals surface area contributed by atoms with Gasteiger partial charge in [0.2, 0.25) is 0 Å². The predicted octanol–water partition coefficient (Wildman–Crippen LogP) is 1.89. The Kier molecular flexibility index (Phi) is 5.74. The number of aryl methyl sites for hydroxylation is 1. The first-order valence-corrected chi connectivity index (χ1v) is 5.86. The molecule has 1 aromatic rings. The topological polar surface area (TPSA) is 55.3 Å². The minimum absolute atomic E-state index is 0.166. The lowest BCUT2D eigenvalue weighted by Crippen LogP contribution is -2.29. The van der Waals surface area contributed by atoms with E-state index in [9.17, 15) is 4.79 Å². The first kappa shape index (κ1) is 14.6. The van der Waals surface area contributed by atoms with Crippen molar-refractivity contribution in [1.29, 1.82) is 0 Å². The first-order valence-electron chi connectivity index (χ1n) is 5.48. The van der Waals surface area contributed by atoms with Gasteiger partial charge < -0.3 is 9.64 Å². The van der Waals surface area contributed by atoms with Gasteiger partial charge in [-0.25, -0.2) is 9.97 Å². The maximum absolute atomic E-state index is 11.1. The van der Waals surface area contributed by atoms with Gasteiger partial charge in [0.15, 0.2) is 6.29 Å². The second kappa shape index (κ2) is 7.08. The lowest BCUT2D eigenvalue weighted by atomic mass is 10.3. The molecule has 18 heavy (non-hydrogen) atoms. The molecule has 1 heterocycles. The minimum atomic E-state index is 0.166. The monoisotopic (exact) mass is 269 g/mol. The van der Waals surface area contributed by atoms with Crippen LogP contribution in [-0.2, 0) is 4.74 Å². The summed E-state index contributed by atoms with van der Waals surface area (Å²) in [5.74, 6) is 1.03. The number of halogens is 1. The molecule has 0 aromatic carbocycles. The summed E-state index contributed by atoms with van der Waals surface area (Å²) in [7, 11) is 1.62. The summed E-state index contributed by atoms with van der Waals surface area (Å²) in [6, 6.07) is 0. The van der Waals surface area contributed by atoms with Crippen LogP contribution in [-0.4, -0.2) is 43.1 Å². The molecule has 0 aliphatic rings. The SMILES string of the molecule is C=CCN(CCOC)c1nc(C)nc(Cl)c1C=O. The number of nitrogens with zero attached hydrogens (tertiary/aromatic N) is 3. The van der Waals surface area contributed by atoms with Crippen LogP contribution in [0, 0.1) is 6.92 Å². The van der Waals surface area contributed by atoms with Gasteiger partial charge in [-0.3, -0.25) is 4.79 Å². The van der Waals surface area contributed by atoms with Crippen molar-refractivity contribution in [3.05, 3.63) is 29.2 Å². The summed E-state index contributed by atoms with van der Waals surface area (Å²) in [6.07, 6.45) is 2.40. The highest BCUT2D eigenvalue weighted by atomic mass is 35.5. The van der Waals surface area contributed by atoms with Crippen molar-refractivity contribution in [3.63, 3.8) is 0 Å². The van der Waals surface area contributed by atoms with Gasteiger partial charge in [-0.15, -0.1) is 6.58 Å². The summed E-state index contributed by atoms with van der Waals surface area (Å²) in [5, 5.41) is 0.166. The fraction of sp³-hybridized carbons (Fsp3) is 0.417. The van der Waals surface area contributed by atoms with Gasteiger partial charge in [-0.2, -0.15) is 0 Å². The minimum Gasteiger partial charge on any atom is -0.383 e. The van der Waals surface area contributed by atoms with Crippen LogP contribution in [0.2, 0.25) is 5.15 Å². The van der Waals surface area contributed by atoms with Crippen molar-refractivity contribution in [3.8, 4) is 0 Å². The highest BCUT2D eigenvalue weighted by Gasteiger charge is 2.16. The van der Waals surface area contributed by atoms with E-state index in [1.165, 1.54) is 0 Å². The molecule has 1 rings (SSSR count). The predicted molar refractivity (Wildman–Crippen MR) is 71.5 cm³/mol. The molecule has 0 radical (unpaired) electrons. The maximum atomic E-state index is 11.1. The van der Waals surface area contributed by atoms with Crippen molar-refractivity contribution in [2.24, 2.45) is 0 Å². The van der Waals surface area contributed by atoms with Crippen LogP contribution in [0.1, 0.15) is 16.2 Å². The van der Waals surface area contributed by atoms with E-state index in [4.69, 9.17) is 16.3 Å². The molecule has 6 heteroatoms. The zero-order valence-corrected chi connectivity index (χ0v) is 11.3. The van der Waals surface area contributed by atoms with E-state index in [0.29, 0.717) is 43.2 Å². The molecule has 0 N–H and O–H groups in total. The van der Waals surface area contributed by atoms with Gasteiger partial charge in [0.05, 0.1) is 12.2 Å². The number of rotatable bonds is 7. The van der Waals surface area contributed by atoms with E-state index in [1.54, 1.807) is 20.1 Å². The second-order valence-corrected chi connectivity index (χ2v) is 4.00. The number of hydrogen-bond acceptors (Lipinski definition) is 5. The summed E-state index contributed by atoms with van der Waals surface area (Å²) < 4.78 is 5.03. The number of carbonyl (C=O) groups excluding carboxylic acids is 1. The molecule has 1 aromatic heterocycles. The van der Waals surface area contributed by atoms with Gasteiger partial charge in [0.25, 0.3) is 0 Å². The lowest BCUT2D eigenvalue weighted by molar-refractivity contribution is 0.112. The summed E-state index contributed by atoms with van der Waals surface area (Å²) in [4.78, 5) is 21.2.